The molecule has 0 atom stereocenters. The van der Waals surface area contributed by atoms with Crippen molar-refractivity contribution in [2.45, 2.75) is 26.7 Å². The highest BCUT2D eigenvalue weighted by Crippen LogP contribution is 2.24. The van der Waals surface area contributed by atoms with Crippen molar-refractivity contribution in [3.8, 4) is 0 Å². The molecule has 1 heterocycles. The Labute approximate surface area is 60.2 Å². The molecule has 56 valence electrons. The first-order chi connectivity index (χ1) is 4.63. The van der Waals surface area contributed by atoms with Gasteiger partial charge in [0.2, 0.25) is 5.88 Å². The van der Waals surface area contributed by atoms with Gasteiger partial charge in [-0.05, 0) is 12.8 Å². The molecule has 0 fully saturated rings. The molecule has 10 heavy (non-hydrogen) atoms. The predicted molar refractivity (Wildman–Crippen MR) is 39.7 cm³/mol. The minimum atomic E-state index is 0.395. The average molecular weight is 140 g/mol. The maximum absolute atomic E-state index is 5.51. The first-order valence-electron chi connectivity index (χ1n) is 3.34. The summed E-state index contributed by atoms with van der Waals surface area (Å²) < 4.78 is 4.78. The Morgan fingerprint density at radius 3 is 2.30 bits per heavy atom. The van der Waals surface area contributed by atoms with Gasteiger partial charge >= 0.3 is 0 Å². The highest BCUT2D eigenvalue weighted by atomic mass is 16.5. The predicted octanol–water partition coefficient (Wildman–Crippen LogP) is 1.69. The minimum absolute atomic E-state index is 0.395. The van der Waals surface area contributed by atoms with Crippen molar-refractivity contribution >= 4 is 5.88 Å². The lowest BCUT2D eigenvalue weighted by atomic mass is 10.0. The number of hydrogen-bond donors (Lipinski definition) is 1. The number of nitrogens with zero attached hydrogens (tertiary/aromatic N) is 1. The molecular formula is C7H12N2O. The van der Waals surface area contributed by atoms with Crippen molar-refractivity contribution in [1.82, 2.24) is 5.16 Å². The van der Waals surface area contributed by atoms with Crippen LogP contribution in [-0.4, -0.2) is 5.16 Å². The fraction of sp³-hybridized carbons (Fsp3) is 0.571. The van der Waals surface area contributed by atoms with Gasteiger partial charge in [0, 0.05) is 5.56 Å². The molecule has 0 radical (unpaired) electrons. The molecule has 0 bridgehead atoms. The second-order valence-electron chi connectivity index (χ2n) is 2.70. The zero-order valence-electron chi connectivity index (χ0n) is 6.51. The van der Waals surface area contributed by atoms with E-state index < -0.39 is 0 Å². The maximum Gasteiger partial charge on any atom is 0.225 e. The summed E-state index contributed by atoms with van der Waals surface area (Å²) in [7, 11) is 0. The Hall–Kier alpha value is -0.990. The number of aryl methyl sites for hydroxylation is 1. The highest BCUT2D eigenvalue weighted by Gasteiger charge is 2.12. The molecule has 1 aromatic rings. The second kappa shape index (κ2) is 2.33. The SMILES string of the molecule is Cc1noc(N)c1C(C)C. The third-order valence-electron chi connectivity index (χ3n) is 1.51. The van der Waals surface area contributed by atoms with Crippen LogP contribution in [0.1, 0.15) is 31.0 Å². The molecule has 0 saturated heterocycles. The molecule has 1 aromatic heterocycles. The molecule has 0 saturated carbocycles. The number of aromatic nitrogens is 1. The monoisotopic (exact) mass is 140 g/mol. The van der Waals surface area contributed by atoms with Gasteiger partial charge in [-0.3, -0.25) is 0 Å². The molecule has 0 aliphatic carbocycles. The molecule has 0 aromatic carbocycles. The normalized spacial score (nSPS) is 10.8. The summed E-state index contributed by atoms with van der Waals surface area (Å²) in [5.74, 6) is 0.846. The van der Waals surface area contributed by atoms with Crippen LogP contribution in [0.2, 0.25) is 0 Å². The molecule has 0 aliphatic rings. The molecule has 3 heteroatoms. The Bertz CT molecular complexity index is 208. The third kappa shape index (κ3) is 0.988. The molecule has 0 spiro atoms. The van der Waals surface area contributed by atoms with E-state index in [0.29, 0.717) is 11.8 Å². The van der Waals surface area contributed by atoms with Gasteiger partial charge < -0.3 is 10.3 Å². The number of rotatable bonds is 1. The zero-order valence-corrected chi connectivity index (χ0v) is 6.51. The molecule has 0 unspecified atom stereocenters. The lowest BCUT2D eigenvalue weighted by Crippen LogP contribution is -1.93. The Kier molecular flexibility index (Phi) is 1.66. The largest absolute Gasteiger partial charge is 0.367 e. The van der Waals surface area contributed by atoms with Crippen LogP contribution >= 0.6 is 0 Å². The van der Waals surface area contributed by atoms with Gasteiger partial charge in [0.05, 0.1) is 5.69 Å². The summed E-state index contributed by atoms with van der Waals surface area (Å²) >= 11 is 0. The molecule has 3 nitrogen and oxygen atoms in total. The maximum atomic E-state index is 5.51. The fourth-order valence-electron chi connectivity index (χ4n) is 1.10. The van der Waals surface area contributed by atoms with Crippen LogP contribution in [0, 0.1) is 6.92 Å². The highest BCUT2D eigenvalue weighted by molar-refractivity contribution is 5.40. The summed E-state index contributed by atoms with van der Waals surface area (Å²) in [4.78, 5) is 0. The van der Waals surface area contributed by atoms with Crippen LogP contribution in [0.3, 0.4) is 0 Å². The van der Waals surface area contributed by atoms with Crippen LogP contribution in [0.25, 0.3) is 0 Å². The van der Waals surface area contributed by atoms with Crippen molar-refractivity contribution in [1.29, 1.82) is 0 Å². The molecule has 2 N–H and O–H groups in total. The van der Waals surface area contributed by atoms with Crippen LogP contribution < -0.4 is 5.73 Å². The van der Waals surface area contributed by atoms with Crippen molar-refractivity contribution in [3.63, 3.8) is 0 Å². The summed E-state index contributed by atoms with van der Waals surface area (Å²) in [6.45, 7) is 6.03. The van der Waals surface area contributed by atoms with E-state index in [4.69, 9.17) is 10.3 Å². The second-order valence-corrected chi connectivity index (χ2v) is 2.70. The first-order valence-corrected chi connectivity index (χ1v) is 3.34. The first kappa shape index (κ1) is 7.12. The van der Waals surface area contributed by atoms with E-state index >= 15 is 0 Å². The van der Waals surface area contributed by atoms with Gasteiger partial charge in [-0.1, -0.05) is 19.0 Å². The summed E-state index contributed by atoms with van der Waals surface area (Å²) in [6, 6.07) is 0. The number of nitrogen functional groups attached to an aromatic ring is 1. The van der Waals surface area contributed by atoms with Crippen LogP contribution in [0.5, 0.6) is 0 Å². The number of nitrogens with two attached hydrogens (primary N) is 1. The topological polar surface area (TPSA) is 52.0 Å². The number of hydrogen-bond acceptors (Lipinski definition) is 3. The lowest BCUT2D eigenvalue weighted by molar-refractivity contribution is 0.430. The van der Waals surface area contributed by atoms with E-state index in [-0.39, 0.29) is 0 Å². The number of anilines is 1. The van der Waals surface area contributed by atoms with E-state index in [1.165, 1.54) is 0 Å². The van der Waals surface area contributed by atoms with E-state index in [1.807, 2.05) is 6.92 Å². The van der Waals surface area contributed by atoms with Gasteiger partial charge in [-0.25, -0.2) is 0 Å². The summed E-state index contributed by atoms with van der Waals surface area (Å²) in [5.41, 5.74) is 7.44. The molecule has 0 amide bonds. The van der Waals surface area contributed by atoms with Crippen LogP contribution in [0.4, 0.5) is 5.88 Å². The van der Waals surface area contributed by atoms with Gasteiger partial charge in [0.15, 0.2) is 0 Å². The van der Waals surface area contributed by atoms with Gasteiger partial charge in [-0.2, -0.15) is 0 Å². The molecule has 1 rings (SSSR count). The fourth-order valence-corrected chi connectivity index (χ4v) is 1.10. The average Bonchev–Trinajstić information content (AvgIpc) is 2.11. The minimum Gasteiger partial charge on any atom is -0.367 e. The van der Waals surface area contributed by atoms with Crippen molar-refractivity contribution in [2.24, 2.45) is 0 Å². The van der Waals surface area contributed by atoms with Crippen molar-refractivity contribution in [2.75, 3.05) is 5.73 Å². The molecular weight excluding hydrogens is 128 g/mol. The van der Waals surface area contributed by atoms with Gasteiger partial charge in [-0.15, -0.1) is 0 Å². The van der Waals surface area contributed by atoms with E-state index in [1.54, 1.807) is 0 Å². The third-order valence-corrected chi connectivity index (χ3v) is 1.51. The van der Waals surface area contributed by atoms with E-state index in [9.17, 15) is 0 Å². The Morgan fingerprint density at radius 1 is 1.50 bits per heavy atom. The van der Waals surface area contributed by atoms with Crippen molar-refractivity contribution in [3.05, 3.63) is 11.3 Å². The van der Waals surface area contributed by atoms with E-state index in [2.05, 4.69) is 19.0 Å². The van der Waals surface area contributed by atoms with E-state index in [0.717, 1.165) is 11.3 Å². The van der Waals surface area contributed by atoms with Crippen LogP contribution in [0.15, 0.2) is 4.52 Å². The lowest BCUT2D eigenvalue weighted by Gasteiger charge is -2.00. The van der Waals surface area contributed by atoms with Gasteiger partial charge in [0.25, 0.3) is 0 Å². The summed E-state index contributed by atoms with van der Waals surface area (Å²) in [5, 5.41) is 3.74. The van der Waals surface area contributed by atoms with Gasteiger partial charge in [0.1, 0.15) is 0 Å². The van der Waals surface area contributed by atoms with Crippen LogP contribution in [-0.2, 0) is 0 Å². The van der Waals surface area contributed by atoms with Crippen molar-refractivity contribution < 1.29 is 4.52 Å². The summed E-state index contributed by atoms with van der Waals surface area (Å²) in [6.07, 6.45) is 0. The quantitative estimate of drug-likeness (QED) is 0.645. The Morgan fingerprint density at radius 2 is 2.10 bits per heavy atom. The Balaban J connectivity index is 3.10. The standard InChI is InChI=1S/C7H12N2O/c1-4(2)6-5(3)9-10-7(6)8/h4H,8H2,1-3H3. The molecule has 0 aliphatic heterocycles. The zero-order chi connectivity index (χ0) is 7.72. The smallest absolute Gasteiger partial charge is 0.225 e.